The second kappa shape index (κ2) is 8.81. The first kappa shape index (κ1) is 21.3. The van der Waals surface area contributed by atoms with Crippen LogP contribution < -0.4 is 4.72 Å². The lowest BCUT2D eigenvalue weighted by atomic mass is 10.1. The number of carbonyl (C=O) groups excluding carboxylic acids is 2. The highest BCUT2D eigenvalue weighted by Crippen LogP contribution is 2.14. The SMILES string of the molecule is Cc1ccc(S(=O)(=O)NCC(=O)OCC(=O)N2C[C@H](C)O[C@@H](C)C2)cc1C. The zero-order valence-corrected chi connectivity index (χ0v) is 16.8. The Hall–Kier alpha value is -1.97. The van der Waals surface area contributed by atoms with Crippen molar-refractivity contribution in [2.75, 3.05) is 26.2 Å². The van der Waals surface area contributed by atoms with Crippen molar-refractivity contribution in [3.05, 3.63) is 29.3 Å². The number of morpholine rings is 1. The van der Waals surface area contributed by atoms with E-state index in [1.165, 1.54) is 12.1 Å². The van der Waals surface area contributed by atoms with Crippen LogP contribution in [-0.2, 0) is 29.1 Å². The zero-order chi connectivity index (χ0) is 20.2. The van der Waals surface area contributed by atoms with Crippen LogP contribution in [0.15, 0.2) is 23.1 Å². The molecular weight excluding hydrogens is 372 g/mol. The van der Waals surface area contributed by atoms with E-state index in [0.717, 1.165) is 11.1 Å². The molecule has 1 aliphatic rings. The highest BCUT2D eigenvalue weighted by atomic mass is 32.2. The second-order valence-corrected chi connectivity index (χ2v) is 8.55. The number of rotatable bonds is 6. The maximum atomic E-state index is 12.2. The Morgan fingerprint density at radius 1 is 1.19 bits per heavy atom. The number of hydrogen-bond acceptors (Lipinski definition) is 6. The summed E-state index contributed by atoms with van der Waals surface area (Å²) in [6.45, 7) is 7.31. The molecule has 0 unspecified atom stereocenters. The Morgan fingerprint density at radius 3 is 2.41 bits per heavy atom. The Bertz CT molecular complexity index is 798. The molecule has 9 heteroatoms. The highest BCUT2D eigenvalue weighted by Gasteiger charge is 2.26. The first-order chi connectivity index (χ1) is 12.6. The average molecular weight is 398 g/mol. The summed E-state index contributed by atoms with van der Waals surface area (Å²) in [5.41, 5.74) is 1.80. The minimum Gasteiger partial charge on any atom is -0.455 e. The van der Waals surface area contributed by atoms with Gasteiger partial charge in [0.25, 0.3) is 5.91 Å². The van der Waals surface area contributed by atoms with Gasteiger partial charge in [-0.05, 0) is 51.0 Å². The Morgan fingerprint density at radius 2 is 1.81 bits per heavy atom. The monoisotopic (exact) mass is 398 g/mol. The molecule has 1 aromatic carbocycles. The summed E-state index contributed by atoms with van der Waals surface area (Å²) in [5.74, 6) is -1.15. The quantitative estimate of drug-likeness (QED) is 0.710. The molecule has 1 heterocycles. The van der Waals surface area contributed by atoms with Gasteiger partial charge in [-0.25, -0.2) is 8.42 Å². The fourth-order valence-corrected chi connectivity index (χ4v) is 3.84. The number of nitrogens with zero attached hydrogens (tertiary/aromatic N) is 1. The Balaban J connectivity index is 1.83. The van der Waals surface area contributed by atoms with E-state index < -0.39 is 29.1 Å². The minimum atomic E-state index is -3.83. The van der Waals surface area contributed by atoms with Crippen molar-refractivity contribution in [3.63, 3.8) is 0 Å². The van der Waals surface area contributed by atoms with Crippen molar-refractivity contribution < 1.29 is 27.5 Å². The van der Waals surface area contributed by atoms with Gasteiger partial charge in [-0.15, -0.1) is 0 Å². The topological polar surface area (TPSA) is 102 Å². The molecule has 1 amide bonds. The number of ether oxygens (including phenoxy) is 2. The summed E-state index contributed by atoms with van der Waals surface area (Å²) in [6, 6.07) is 4.71. The van der Waals surface area contributed by atoms with Gasteiger partial charge in [0.2, 0.25) is 10.0 Å². The molecule has 0 spiro atoms. The van der Waals surface area contributed by atoms with Crippen molar-refractivity contribution in [3.8, 4) is 0 Å². The maximum Gasteiger partial charge on any atom is 0.321 e. The summed E-state index contributed by atoms with van der Waals surface area (Å²) < 4.78 is 37.1. The molecule has 1 aliphatic heterocycles. The summed E-state index contributed by atoms with van der Waals surface area (Å²) in [4.78, 5) is 25.6. The largest absolute Gasteiger partial charge is 0.455 e. The molecule has 8 nitrogen and oxygen atoms in total. The minimum absolute atomic E-state index is 0.0748. The van der Waals surface area contributed by atoms with Gasteiger partial charge in [0.05, 0.1) is 17.1 Å². The number of hydrogen-bond donors (Lipinski definition) is 1. The molecular formula is C18H26N2O6S. The van der Waals surface area contributed by atoms with Gasteiger partial charge in [-0.2, -0.15) is 4.72 Å². The lowest BCUT2D eigenvalue weighted by Gasteiger charge is -2.35. The van der Waals surface area contributed by atoms with Gasteiger partial charge in [0.1, 0.15) is 6.54 Å². The van der Waals surface area contributed by atoms with Gasteiger partial charge in [0.15, 0.2) is 6.61 Å². The van der Waals surface area contributed by atoms with E-state index in [-0.39, 0.29) is 23.0 Å². The van der Waals surface area contributed by atoms with Crippen LogP contribution in [0.2, 0.25) is 0 Å². The smallest absolute Gasteiger partial charge is 0.321 e. The number of carbonyl (C=O) groups is 2. The predicted octanol–water partition coefficient (Wildman–Crippen LogP) is 0.761. The van der Waals surface area contributed by atoms with E-state index in [9.17, 15) is 18.0 Å². The van der Waals surface area contributed by atoms with Gasteiger partial charge in [-0.3, -0.25) is 9.59 Å². The number of esters is 1. The van der Waals surface area contributed by atoms with Gasteiger partial charge in [0, 0.05) is 13.1 Å². The molecule has 0 aromatic heterocycles. The summed E-state index contributed by atoms with van der Waals surface area (Å²) in [6.07, 6.45) is -0.170. The van der Waals surface area contributed by atoms with E-state index in [2.05, 4.69) is 4.72 Å². The number of nitrogens with one attached hydrogen (secondary N) is 1. The summed E-state index contributed by atoms with van der Waals surface area (Å²) in [7, 11) is -3.83. The van der Waals surface area contributed by atoms with E-state index in [0.29, 0.717) is 13.1 Å². The fraction of sp³-hybridized carbons (Fsp3) is 0.556. The summed E-state index contributed by atoms with van der Waals surface area (Å²) in [5, 5.41) is 0. The molecule has 1 N–H and O–H groups in total. The molecule has 27 heavy (non-hydrogen) atoms. The summed E-state index contributed by atoms with van der Waals surface area (Å²) >= 11 is 0. The first-order valence-electron chi connectivity index (χ1n) is 8.74. The third-order valence-corrected chi connectivity index (χ3v) is 5.72. The van der Waals surface area contributed by atoms with Crippen molar-refractivity contribution in [2.24, 2.45) is 0 Å². The number of sulfonamides is 1. The van der Waals surface area contributed by atoms with Crippen LogP contribution >= 0.6 is 0 Å². The maximum absolute atomic E-state index is 12.2. The van der Waals surface area contributed by atoms with Crippen molar-refractivity contribution >= 4 is 21.9 Å². The molecule has 0 aliphatic carbocycles. The van der Waals surface area contributed by atoms with E-state index >= 15 is 0 Å². The lowest BCUT2D eigenvalue weighted by Crippen LogP contribution is -2.49. The van der Waals surface area contributed by atoms with Gasteiger partial charge < -0.3 is 14.4 Å². The molecule has 2 rings (SSSR count). The van der Waals surface area contributed by atoms with Crippen molar-refractivity contribution in [1.29, 1.82) is 0 Å². The van der Waals surface area contributed by atoms with Crippen molar-refractivity contribution in [1.82, 2.24) is 9.62 Å². The first-order valence-corrected chi connectivity index (χ1v) is 10.2. The molecule has 150 valence electrons. The average Bonchev–Trinajstić information content (AvgIpc) is 2.59. The molecule has 1 fully saturated rings. The standard InChI is InChI=1S/C18H26N2O6S/c1-12-5-6-16(7-13(12)2)27(23,24)19-8-18(22)25-11-17(21)20-9-14(3)26-15(4)10-20/h5-7,14-15,19H,8-11H2,1-4H3/t14-,15-/m0/s1. The molecule has 0 saturated carbocycles. The van der Waals surface area contributed by atoms with Gasteiger partial charge in [-0.1, -0.05) is 6.07 Å². The molecule has 1 saturated heterocycles. The molecule has 0 bridgehead atoms. The van der Waals surface area contributed by atoms with Crippen LogP contribution in [0.4, 0.5) is 0 Å². The number of aryl methyl sites for hydroxylation is 2. The highest BCUT2D eigenvalue weighted by molar-refractivity contribution is 7.89. The Labute approximate surface area is 159 Å². The molecule has 0 radical (unpaired) electrons. The van der Waals surface area contributed by atoms with Crippen LogP contribution in [0.1, 0.15) is 25.0 Å². The van der Waals surface area contributed by atoms with Crippen LogP contribution in [0.5, 0.6) is 0 Å². The predicted molar refractivity (Wildman–Crippen MR) is 98.7 cm³/mol. The third kappa shape index (κ3) is 6.02. The lowest BCUT2D eigenvalue weighted by molar-refractivity contribution is -0.156. The molecule has 2 atom stereocenters. The second-order valence-electron chi connectivity index (χ2n) is 6.79. The van der Waals surface area contributed by atoms with Crippen LogP contribution in [0.3, 0.4) is 0 Å². The van der Waals surface area contributed by atoms with E-state index in [4.69, 9.17) is 9.47 Å². The van der Waals surface area contributed by atoms with E-state index in [1.807, 2.05) is 27.7 Å². The number of benzene rings is 1. The number of amides is 1. The zero-order valence-electron chi connectivity index (χ0n) is 16.0. The van der Waals surface area contributed by atoms with Crippen molar-refractivity contribution in [2.45, 2.75) is 44.8 Å². The van der Waals surface area contributed by atoms with Gasteiger partial charge >= 0.3 is 5.97 Å². The molecule has 1 aromatic rings. The van der Waals surface area contributed by atoms with E-state index in [1.54, 1.807) is 11.0 Å². The van der Waals surface area contributed by atoms with Crippen LogP contribution in [0.25, 0.3) is 0 Å². The fourth-order valence-electron chi connectivity index (χ4n) is 2.78. The normalized spacial score (nSPS) is 20.4. The third-order valence-electron chi connectivity index (χ3n) is 4.32. The van der Waals surface area contributed by atoms with Crippen LogP contribution in [-0.4, -0.2) is 63.6 Å². The van der Waals surface area contributed by atoms with Crippen LogP contribution in [0, 0.1) is 13.8 Å². The Kier molecular flexibility index (Phi) is 6.96.